The van der Waals surface area contributed by atoms with Crippen LogP contribution in [0.4, 0.5) is 13.2 Å². The molecule has 0 radical (unpaired) electrons. The van der Waals surface area contributed by atoms with E-state index >= 15 is 0 Å². The van der Waals surface area contributed by atoms with Crippen LogP contribution in [0.1, 0.15) is 27.9 Å². The predicted molar refractivity (Wildman–Crippen MR) is 81.9 cm³/mol. The van der Waals surface area contributed by atoms with Crippen LogP contribution in [0.3, 0.4) is 0 Å². The van der Waals surface area contributed by atoms with Gasteiger partial charge in [0.2, 0.25) is 0 Å². The van der Waals surface area contributed by atoms with Crippen molar-refractivity contribution in [1.29, 1.82) is 0 Å². The van der Waals surface area contributed by atoms with Gasteiger partial charge in [-0.3, -0.25) is 4.79 Å². The molecule has 0 saturated carbocycles. The standard InChI is InChI=1S/C18H13F3O3/c19-18(20,21)24-13-7-4-11(5-8-13)10-12-6-9-14-15(17(12)23)2-1-3-16(14)22/h1-5,7-8,10,22H,6,9H2/b12-10+. The summed E-state index contributed by atoms with van der Waals surface area (Å²) in [6.07, 6.45) is -2.09. The van der Waals surface area contributed by atoms with Gasteiger partial charge in [0.25, 0.3) is 0 Å². The fraction of sp³-hybridized carbons (Fsp3) is 0.167. The van der Waals surface area contributed by atoms with Crippen molar-refractivity contribution in [2.75, 3.05) is 0 Å². The highest BCUT2D eigenvalue weighted by Crippen LogP contribution is 2.32. The van der Waals surface area contributed by atoms with Crippen LogP contribution in [0.2, 0.25) is 0 Å². The number of ether oxygens (including phenoxy) is 1. The highest BCUT2D eigenvalue weighted by atomic mass is 19.4. The number of allylic oxidation sites excluding steroid dienone is 1. The van der Waals surface area contributed by atoms with Gasteiger partial charge in [-0.15, -0.1) is 13.2 Å². The third-order valence-corrected chi connectivity index (χ3v) is 3.79. The van der Waals surface area contributed by atoms with Gasteiger partial charge < -0.3 is 9.84 Å². The second-order valence-corrected chi connectivity index (χ2v) is 5.42. The summed E-state index contributed by atoms with van der Waals surface area (Å²) >= 11 is 0. The van der Waals surface area contributed by atoms with E-state index in [2.05, 4.69) is 4.74 Å². The molecule has 0 aliphatic heterocycles. The molecule has 124 valence electrons. The van der Waals surface area contributed by atoms with Gasteiger partial charge in [-0.2, -0.15) is 0 Å². The Kier molecular flexibility index (Phi) is 4.05. The summed E-state index contributed by atoms with van der Waals surface area (Å²) in [6.45, 7) is 0. The number of carbonyl (C=O) groups excluding carboxylic acids is 1. The number of benzene rings is 2. The number of phenols is 1. The molecule has 1 aliphatic rings. The molecule has 24 heavy (non-hydrogen) atoms. The van der Waals surface area contributed by atoms with Crippen molar-refractivity contribution in [2.45, 2.75) is 19.2 Å². The van der Waals surface area contributed by atoms with Gasteiger partial charge in [-0.05, 0) is 42.7 Å². The molecule has 2 aromatic carbocycles. The number of phenolic OH excluding ortho intramolecular Hbond substituents is 1. The Labute approximate surface area is 136 Å². The fourth-order valence-electron chi connectivity index (χ4n) is 2.70. The van der Waals surface area contributed by atoms with E-state index in [1.165, 1.54) is 24.3 Å². The minimum atomic E-state index is -4.73. The summed E-state index contributed by atoms with van der Waals surface area (Å²) in [4.78, 5) is 12.5. The van der Waals surface area contributed by atoms with Crippen molar-refractivity contribution in [3.05, 3.63) is 64.7 Å². The van der Waals surface area contributed by atoms with Crippen molar-refractivity contribution in [3.8, 4) is 11.5 Å². The lowest BCUT2D eigenvalue weighted by Crippen LogP contribution is -2.17. The monoisotopic (exact) mass is 334 g/mol. The molecule has 3 rings (SSSR count). The molecule has 0 bridgehead atoms. The van der Waals surface area contributed by atoms with Crippen molar-refractivity contribution in [3.63, 3.8) is 0 Å². The number of Topliss-reactive ketones (excluding diaryl/α,β-unsaturated/α-hetero) is 1. The number of carbonyl (C=O) groups is 1. The topological polar surface area (TPSA) is 46.5 Å². The zero-order valence-corrected chi connectivity index (χ0v) is 12.4. The van der Waals surface area contributed by atoms with Crippen molar-refractivity contribution in [2.24, 2.45) is 0 Å². The van der Waals surface area contributed by atoms with E-state index in [9.17, 15) is 23.1 Å². The molecule has 1 N–H and O–H groups in total. The normalized spacial score (nSPS) is 16.1. The first-order valence-corrected chi connectivity index (χ1v) is 7.25. The molecule has 0 amide bonds. The highest BCUT2D eigenvalue weighted by Gasteiger charge is 2.31. The van der Waals surface area contributed by atoms with Gasteiger partial charge in [-0.25, -0.2) is 0 Å². The summed E-state index contributed by atoms with van der Waals surface area (Å²) in [5, 5.41) is 9.80. The van der Waals surface area contributed by atoms with Gasteiger partial charge in [0.15, 0.2) is 5.78 Å². The molecule has 0 spiro atoms. The lowest BCUT2D eigenvalue weighted by molar-refractivity contribution is -0.274. The van der Waals surface area contributed by atoms with Crippen LogP contribution in [-0.4, -0.2) is 17.3 Å². The SMILES string of the molecule is O=C1/C(=C/c2ccc(OC(F)(F)F)cc2)CCc2c(O)cccc21. The van der Waals surface area contributed by atoms with Gasteiger partial charge in [0.05, 0.1) is 0 Å². The Morgan fingerprint density at radius 2 is 1.75 bits per heavy atom. The Morgan fingerprint density at radius 1 is 1.04 bits per heavy atom. The average molecular weight is 334 g/mol. The van der Waals surface area contributed by atoms with E-state index in [1.54, 1.807) is 24.3 Å². The number of alkyl halides is 3. The maximum atomic E-state index is 12.5. The van der Waals surface area contributed by atoms with Crippen LogP contribution in [0.5, 0.6) is 11.5 Å². The third kappa shape index (κ3) is 3.42. The Hall–Kier alpha value is -2.76. The summed E-state index contributed by atoms with van der Waals surface area (Å²) < 4.78 is 40.2. The molecule has 0 aromatic heterocycles. The van der Waals surface area contributed by atoms with Crippen LogP contribution >= 0.6 is 0 Å². The van der Waals surface area contributed by atoms with Crippen LogP contribution in [0, 0.1) is 0 Å². The van der Waals surface area contributed by atoms with E-state index in [0.717, 1.165) is 0 Å². The summed E-state index contributed by atoms with van der Waals surface area (Å²) in [7, 11) is 0. The molecule has 0 saturated heterocycles. The molecule has 0 atom stereocenters. The second-order valence-electron chi connectivity index (χ2n) is 5.42. The van der Waals surface area contributed by atoms with Crippen LogP contribution in [0.15, 0.2) is 48.0 Å². The maximum absolute atomic E-state index is 12.5. The molecule has 6 heteroatoms. The summed E-state index contributed by atoms with van der Waals surface area (Å²) in [6, 6.07) is 10.1. The lowest BCUT2D eigenvalue weighted by Gasteiger charge is -2.18. The second kappa shape index (κ2) is 6.03. The molecule has 3 nitrogen and oxygen atoms in total. The number of aromatic hydroxyl groups is 1. The molecule has 0 unspecified atom stereocenters. The van der Waals surface area contributed by atoms with Gasteiger partial charge in [0.1, 0.15) is 11.5 Å². The Balaban J connectivity index is 1.83. The van der Waals surface area contributed by atoms with Crippen molar-refractivity contribution < 1.29 is 27.8 Å². The minimum Gasteiger partial charge on any atom is -0.508 e. The van der Waals surface area contributed by atoms with Crippen LogP contribution < -0.4 is 4.74 Å². The first-order valence-electron chi connectivity index (χ1n) is 7.25. The first-order chi connectivity index (χ1) is 11.3. The number of halogens is 3. The summed E-state index contributed by atoms with van der Waals surface area (Å²) in [5.41, 5.74) is 2.26. The zero-order chi connectivity index (χ0) is 17.3. The van der Waals surface area contributed by atoms with Crippen molar-refractivity contribution in [1.82, 2.24) is 0 Å². The van der Waals surface area contributed by atoms with E-state index in [-0.39, 0.29) is 17.3 Å². The number of rotatable bonds is 2. The first kappa shape index (κ1) is 16.1. The maximum Gasteiger partial charge on any atom is 0.573 e. The average Bonchev–Trinajstić information content (AvgIpc) is 2.51. The van der Waals surface area contributed by atoms with Gasteiger partial charge >= 0.3 is 6.36 Å². The molecule has 2 aromatic rings. The molecular weight excluding hydrogens is 321 g/mol. The molecule has 0 fully saturated rings. The number of fused-ring (bicyclic) bond motifs is 1. The minimum absolute atomic E-state index is 0.105. The van der Waals surface area contributed by atoms with E-state index < -0.39 is 6.36 Å². The Bertz CT molecular complexity index is 805. The van der Waals surface area contributed by atoms with E-state index in [1.807, 2.05) is 0 Å². The van der Waals surface area contributed by atoms with Gasteiger partial charge in [-0.1, -0.05) is 24.3 Å². The molecular formula is C18H13F3O3. The van der Waals surface area contributed by atoms with Crippen LogP contribution in [0.25, 0.3) is 6.08 Å². The van der Waals surface area contributed by atoms with Crippen molar-refractivity contribution >= 4 is 11.9 Å². The molecule has 1 aliphatic carbocycles. The Morgan fingerprint density at radius 3 is 2.42 bits per heavy atom. The molecule has 0 heterocycles. The zero-order valence-electron chi connectivity index (χ0n) is 12.4. The number of hydrogen-bond donors (Lipinski definition) is 1. The predicted octanol–water partition coefficient (Wildman–Crippen LogP) is 4.50. The van der Waals surface area contributed by atoms with Crippen LogP contribution in [-0.2, 0) is 6.42 Å². The van der Waals surface area contributed by atoms with E-state index in [0.29, 0.717) is 35.1 Å². The van der Waals surface area contributed by atoms with E-state index in [4.69, 9.17) is 0 Å². The lowest BCUT2D eigenvalue weighted by atomic mass is 9.85. The third-order valence-electron chi connectivity index (χ3n) is 3.79. The smallest absolute Gasteiger partial charge is 0.508 e. The fourth-order valence-corrected chi connectivity index (χ4v) is 2.70. The summed E-state index contributed by atoms with van der Waals surface area (Å²) in [5.74, 6) is -0.383. The quantitative estimate of drug-likeness (QED) is 0.823. The number of hydrogen-bond acceptors (Lipinski definition) is 3. The largest absolute Gasteiger partial charge is 0.573 e. The van der Waals surface area contributed by atoms with Gasteiger partial charge in [0, 0.05) is 16.7 Å². The highest BCUT2D eigenvalue weighted by molar-refractivity contribution is 6.13. The number of ketones is 1.